The number of carboxylic acid groups (broad SMARTS) is 1. The Bertz CT molecular complexity index is 512. The normalized spacial score (nSPS) is 24.6. The highest BCUT2D eigenvalue weighted by Crippen LogP contribution is 2.32. The number of hydrogen-bond donors (Lipinski definition) is 1. The molecule has 0 radical (unpaired) electrons. The van der Waals surface area contributed by atoms with Gasteiger partial charge in [0.25, 0.3) is 0 Å². The van der Waals surface area contributed by atoms with Crippen LogP contribution in [0.3, 0.4) is 0 Å². The molecule has 2 rings (SSSR count). The van der Waals surface area contributed by atoms with Gasteiger partial charge in [-0.2, -0.15) is 0 Å². The molecule has 0 aliphatic carbocycles. The molecule has 0 bridgehead atoms. The molecule has 1 aliphatic heterocycles. The first-order chi connectivity index (χ1) is 9.92. The molecule has 1 fully saturated rings. The number of carboxylic acids is 1. The van der Waals surface area contributed by atoms with Gasteiger partial charge < -0.3 is 14.6 Å². The fourth-order valence-corrected chi connectivity index (χ4v) is 2.83. The lowest BCUT2D eigenvalue weighted by molar-refractivity contribution is -0.149. The highest BCUT2D eigenvalue weighted by atomic mass is 19.1. The van der Waals surface area contributed by atoms with Crippen molar-refractivity contribution in [2.75, 3.05) is 20.2 Å². The number of aliphatic carboxylic acids is 1. The van der Waals surface area contributed by atoms with Crippen molar-refractivity contribution in [2.45, 2.75) is 32.1 Å². The molecule has 3 atom stereocenters. The molecular formula is C15H20FNO4. The SMILES string of the molecule is COc1ccc(F)cc1C(C(=O)O)N1C[C@@H](C)O[C@@H](C)C1. The van der Waals surface area contributed by atoms with Gasteiger partial charge in [0.15, 0.2) is 0 Å². The number of halogens is 1. The number of hydrogen-bond acceptors (Lipinski definition) is 4. The van der Waals surface area contributed by atoms with Gasteiger partial charge in [-0.1, -0.05) is 0 Å². The monoisotopic (exact) mass is 297 g/mol. The zero-order valence-corrected chi connectivity index (χ0v) is 12.4. The van der Waals surface area contributed by atoms with E-state index in [4.69, 9.17) is 9.47 Å². The van der Waals surface area contributed by atoms with Crippen LogP contribution in [0.15, 0.2) is 18.2 Å². The molecule has 0 spiro atoms. The molecule has 5 nitrogen and oxygen atoms in total. The molecular weight excluding hydrogens is 277 g/mol. The Hall–Kier alpha value is -1.66. The topological polar surface area (TPSA) is 59.0 Å². The Labute approximate surface area is 123 Å². The van der Waals surface area contributed by atoms with Gasteiger partial charge in [-0.25, -0.2) is 4.39 Å². The summed E-state index contributed by atoms with van der Waals surface area (Å²) in [7, 11) is 1.44. The minimum atomic E-state index is -1.03. The van der Waals surface area contributed by atoms with E-state index in [9.17, 15) is 14.3 Å². The summed E-state index contributed by atoms with van der Waals surface area (Å²) in [5.74, 6) is -1.14. The lowest BCUT2D eigenvalue weighted by Crippen LogP contribution is -2.48. The Balaban J connectivity index is 2.39. The smallest absolute Gasteiger partial charge is 0.325 e. The zero-order valence-electron chi connectivity index (χ0n) is 12.4. The average Bonchev–Trinajstić information content (AvgIpc) is 2.37. The van der Waals surface area contributed by atoms with E-state index < -0.39 is 17.8 Å². The molecule has 1 saturated heterocycles. The van der Waals surface area contributed by atoms with Crippen LogP contribution in [0.1, 0.15) is 25.5 Å². The molecule has 1 aromatic carbocycles. The van der Waals surface area contributed by atoms with E-state index >= 15 is 0 Å². The molecule has 116 valence electrons. The Morgan fingerprint density at radius 2 is 2.05 bits per heavy atom. The molecule has 1 unspecified atom stereocenters. The van der Waals surface area contributed by atoms with Crippen molar-refractivity contribution >= 4 is 5.97 Å². The number of rotatable bonds is 4. The summed E-state index contributed by atoms with van der Waals surface area (Å²) in [4.78, 5) is 13.5. The fraction of sp³-hybridized carbons (Fsp3) is 0.533. The van der Waals surface area contributed by atoms with Crippen LogP contribution in [0.5, 0.6) is 5.75 Å². The lowest BCUT2D eigenvalue weighted by atomic mass is 10.0. The minimum absolute atomic E-state index is 0.0739. The van der Waals surface area contributed by atoms with E-state index in [-0.39, 0.29) is 12.2 Å². The summed E-state index contributed by atoms with van der Waals surface area (Å²) in [6.45, 7) is 4.73. The maximum atomic E-state index is 13.5. The fourth-order valence-electron chi connectivity index (χ4n) is 2.83. The van der Waals surface area contributed by atoms with Gasteiger partial charge >= 0.3 is 5.97 Å². The molecule has 21 heavy (non-hydrogen) atoms. The third kappa shape index (κ3) is 3.51. The van der Waals surface area contributed by atoms with E-state index in [2.05, 4.69) is 0 Å². The predicted octanol–water partition coefficient (Wildman–Crippen LogP) is 2.07. The Morgan fingerprint density at radius 3 is 2.57 bits per heavy atom. The van der Waals surface area contributed by atoms with E-state index in [1.54, 1.807) is 4.90 Å². The molecule has 6 heteroatoms. The standard InChI is InChI=1S/C15H20FNO4/c1-9-7-17(8-10(2)21-9)14(15(18)19)12-6-11(16)4-5-13(12)20-3/h4-6,9-10,14H,7-8H2,1-3H3,(H,18,19)/t9-,10+,14?. The van der Waals surface area contributed by atoms with Gasteiger partial charge in [0, 0.05) is 18.7 Å². The molecule has 1 heterocycles. The van der Waals surface area contributed by atoms with Crippen LogP contribution >= 0.6 is 0 Å². The number of nitrogens with zero attached hydrogens (tertiary/aromatic N) is 1. The van der Waals surface area contributed by atoms with Crippen molar-refractivity contribution in [3.05, 3.63) is 29.6 Å². The maximum absolute atomic E-state index is 13.5. The highest BCUT2D eigenvalue weighted by Gasteiger charge is 2.35. The molecule has 0 saturated carbocycles. The second kappa shape index (κ2) is 6.41. The van der Waals surface area contributed by atoms with Crippen molar-refractivity contribution in [1.82, 2.24) is 4.90 Å². The van der Waals surface area contributed by atoms with Gasteiger partial charge in [-0.15, -0.1) is 0 Å². The van der Waals surface area contributed by atoms with E-state index in [0.717, 1.165) is 0 Å². The van der Waals surface area contributed by atoms with Crippen LogP contribution in [0.2, 0.25) is 0 Å². The molecule has 0 amide bonds. The van der Waals surface area contributed by atoms with Crippen molar-refractivity contribution in [3.63, 3.8) is 0 Å². The Morgan fingerprint density at radius 1 is 1.43 bits per heavy atom. The van der Waals surface area contributed by atoms with Gasteiger partial charge in [-0.05, 0) is 32.0 Å². The quantitative estimate of drug-likeness (QED) is 0.922. The molecule has 1 aromatic rings. The second-order valence-corrected chi connectivity index (χ2v) is 5.34. The van der Waals surface area contributed by atoms with E-state index in [1.807, 2.05) is 13.8 Å². The lowest BCUT2D eigenvalue weighted by Gasteiger charge is -2.38. The van der Waals surface area contributed by atoms with Crippen LogP contribution in [0, 0.1) is 5.82 Å². The molecule has 1 aliphatic rings. The van der Waals surface area contributed by atoms with Crippen molar-refractivity contribution in [3.8, 4) is 5.75 Å². The third-order valence-electron chi connectivity index (χ3n) is 3.53. The number of carbonyl (C=O) groups is 1. The molecule has 1 N–H and O–H groups in total. The highest BCUT2D eigenvalue weighted by molar-refractivity contribution is 5.76. The van der Waals surface area contributed by atoms with Gasteiger partial charge in [0.2, 0.25) is 0 Å². The zero-order chi connectivity index (χ0) is 15.6. The van der Waals surface area contributed by atoms with Crippen LogP contribution < -0.4 is 4.74 Å². The summed E-state index contributed by atoms with van der Waals surface area (Å²) in [6, 6.07) is 2.98. The number of methoxy groups -OCH3 is 1. The maximum Gasteiger partial charge on any atom is 0.325 e. The molecule has 0 aromatic heterocycles. The van der Waals surface area contributed by atoms with Gasteiger partial charge in [-0.3, -0.25) is 9.69 Å². The third-order valence-corrected chi connectivity index (χ3v) is 3.53. The number of benzene rings is 1. The summed E-state index contributed by atoms with van der Waals surface area (Å²) in [6.07, 6.45) is -0.148. The largest absolute Gasteiger partial charge is 0.496 e. The van der Waals surface area contributed by atoms with Crippen LogP contribution in [-0.2, 0) is 9.53 Å². The second-order valence-electron chi connectivity index (χ2n) is 5.34. The van der Waals surface area contributed by atoms with Crippen molar-refractivity contribution in [2.24, 2.45) is 0 Å². The number of ether oxygens (including phenoxy) is 2. The first-order valence-electron chi connectivity index (χ1n) is 6.88. The van der Waals surface area contributed by atoms with Crippen molar-refractivity contribution < 1.29 is 23.8 Å². The van der Waals surface area contributed by atoms with Gasteiger partial charge in [0.05, 0.1) is 19.3 Å². The summed E-state index contributed by atoms with van der Waals surface area (Å²) in [5, 5.41) is 9.60. The summed E-state index contributed by atoms with van der Waals surface area (Å²) in [5.41, 5.74) is 0.325. The minimum Gasteiger partial charge on any atom is -0.496 e. The van der Waals surface area contributed by atoms with Crippen LogP contribution in [0.4, 0.5) is 4.39 Å². The number of morpholine rings is 1. The van der Waals surface area contributed by atoms with Crippen molar-refractivity contribution in [1.29, 1.82) is 0 Å². The van der Waals surface area contributed by atoms with E-state index in [1.165, 1.54) is 25.3 Å². The summed E-state index contributed by atoms with van der Waals surface area (Å²) < 4.78 is 24.3. The Kier molecular flexibility index (Phi) is 4.80. The van der Waals surface area contributed by atoms with Crippen LogP contribution in [-0.4, -0.2) is 48.4 Å². The average molecular weight is 297 g/mol. The first-order valence-corrected chi connectivity index (χ1v) is 6.88. The first kappa shape index (κ1) is 15.7. The van der Waals surface area contributed by atoms with Crippen LogP contribution in [0.25, 0.3) is 0 Å². The van der Waals surface area contributed by atoms with E-state index in [0.29, 0.717) is 24.4 Å². The predicted molar refractivity (Wildman–Crippen MR) is 74.9 cm³/mol. The van der Waals surface area contributed by atoms with Gasteiger partial charge in [0.1, 0.15) is 17.6 Å². The summed E-state index contributed by atoms with van der Waals surface area (Å²) >= 11 is 0.